The average Bonchev–Trinajstić information content (AvgIpc) is 1.58. The van der Waals surface area contributed by atoms with Gasteiger partial charge in [-0.1, -0.05) is 0 Å². The molecule has 0 heterocycles. The topological polar surface area (TPSA) is 273 Å². The van der Waals surface area contributed by atoms with E-state index in [4.69, 9.17) is 5.11 Å². The van der Waals surface area contributed by atoms with Crippen LogP contribution in [0.3, 0.4) is 0 Å². The zero-order chi connectivity index (χ0) is 9.50. The second-order valence-electron chi connectivity index (χ2n) is 1.97. The summed E-state index contributed by atoms with van der Waals surface area (Å²) in [4.78, 5) is 39.8. The van der Waals surface area contributed by atoms with Crippen LogP contribution in [0, 0.1) is 0 Å². The molecule has 0 fully saturated rings. The van der Waals surface area contributed by atoms with Gasteiger partial charge in [0, 0.05) is 0 Å². The number of hydrogen-bond donors (Lipinski definition) is 1. The van der Waals surface area contributed by atoms with Crippen LogP contribution in [0.5, 0.6) is 0 Å². The van der Waals surface area contributed by atoms with E-state index in [0.717, 1.165) is 0 Å². The van der Waals surface area contributed by atoms with E-state index in [1.807, 2.05) is 0 Å². The van der Waals surface area contributed by atoms with Gasteiger partial charge in [0.05, 0.1) is 0 Å². The molecule has 9 N–H and O–H groups in total. The van der Waals surface area contributed by atoms with Crippen molar-refractivity contribution in [2.24, 2.45) is 0 Å². The fourth-order valence-corrected chi connectivity index (χ4v) is 1.35. The summed E-state index contributed by atoms with van der Waals surface area (Å²) in [6.45, 7) is 0.133. The SMILES string of the molecule is CC(O)(P(=O)([O-])[O-])P(=O)([O-])[O-].O.O.O.O.[Cu+]. The van der Waals surface area contributed by atoms with E-state index in [2.05, 4.69) is 0 Å². The van der Waals surface area contributed by atoms with Crippen molar-refractivity contribution >= 4 is 15.2 Å². The van der Waals surface area contributed by atoms with Gasteiger partial charge in [-0.3, -0.25) is 0 Å². The fourth-order valence-electron chi connectivity index (χ4n) is 0.150. The summed E-state index contributed by atoms with van der Waals surface area (Å²) in [6.07, 6.45) is 0. The first-order valence-corrected chi connectivity index (χ1v) is 5.35. The first-order valence-electron chi connectivity index (χ1n) is 2.27. The molecule has 0 aliphatic rings. The third-order valence-electron chi connectivity index (χ3n) is 1.04. The monoisotopic (exact) mass is 337 g/mol. The van der Waals surface area contributed by atoms with Gasteiger partial charge in [0.1, 0.15) is 5.08 Å². The van der Waals surface area contributed by atoms with Crippen LogP contribution in [0.15, 0.2) is 0 Å². The van der Waals surface area contributed by atoms with E-state index in [1.165, 1.54) is 0 Å². The van der Waals surface area contributed by atoms with Gasteiger partial charge in [-0.15, -0.1) is 0 Å². The van der Waals surface area contributed by atoms with Gasteiger partial charge < -0.3 is 55.7 Å². The maximum atomic E-state index is 9.95. The smallest absolute Gasteiger partial charge is 0.808 e. The van der Waals surface area contributed by atoms with Crippen molar-refractivity contribution in [3.05, 3.63) is 0 Å². The third kappa shape index (κ3) is 7.82. The molecule has 14 heteroatoms. The fraction of sp³-hybridized carbons (Fsp3) is 1.00. The summed E-state index contributed by atoms with van der Waals surface area (Å²) in [5, 5.41) is 4.68. The molecule has 0 saturated heterocycles. The van der Waals surface area contributed by atoms with E-state index < -0.39 is 20.3 Å². The van der Waals surface area contributed by atoms with Gasteiger partial charge in [-0.05, 0) is 22.1 Å². The van der Waals surface area contributed by atoms with Crippen molar-refractivity contribution in [1.29, 1.82) is 0 Å². The molecule has 0 aromatic carbocycles. The maximum absolute atomic E-state index is 9.95. The Hall–Kier alpha value is 0.619. The van der Waals surface area contributed by atoms with Crippen molar-refractivity contribution in [2.45, 2.75) is 12.0 Å². The average molecular weight is 338 g/mol. The third-order valence-corrected chi connectivity index (χ3v) is 4.58. The molecule has 0 rings (SSSR count). The summed E-state index contributed by atoms with van der Waals surface area (Å²) >= 11 is 0. The molecular weight excluding hydrogens is 326 g/mol. The Labute approximate surface area is 101 Å². The van der Waals surface area contributed by atoms with Gasteiger partial charge in [0.2, 0.25) is 0 Å². The Morgan fingerprint density at radius 3 is 1.00 bits per heavy atom. The van der Waals surface area contributed by atoms with Crippen LogP contribution in [0.25, 0.3) is 0 Å². The molecule has 11 nitrogen and oxygen atoms in total. The van der Waals surface area contributed by atoms with Crippen LogP contribution in [-0.2, 0) is 26.2 Å². The minimum absolute atomic E-state index is 0. The Bertz CT molecular complexity index is 214. The van der Waals surface area contributed by atoms with Gasteiger partial charge in [-0.2, -0.15) is 0 Å². The number of rotatable bonds is 2. The minimum Gasteiger partial charge on any atom is -0.808 e. The van der Waals surface area contributed by atoms with Crippen molar-refractivity contribution in [3.63, 3.8) is 0 Å². The quantitative estimate of drug-likeness (QED) is 0.374. The van der Waals surface area contributed by atoms with Crippen molar-refractivity contribution in [3.8, 4) is 0 Å². The molecule has 0 bridgehead atoms. The molecule has 0 aliphatic heterocycles. The van der Waals surface area contributed by atoms with Crippen LogP contribution in [0.1, 0.15) is 6.92 Å². The van der Waals surface area contributed by atoms with Gasteiger partial charge in [-0.25, -0.2) is 0 Å². The van der Waals surface area contributed by atoms with E-state index in [1.54, 1.807) is 0 Å². The van der Waals surface area contributed by atoms with Crippen molar-refractivity contribution < 1.29 is 72.8 Å². The van der Waals surface area contributed by atoms with Crippen LogP contribution >= 0.6 is 15.2 Å². The van der Waals surface area contributed by atoms with Gasteiger partial charge in [0.15, 0.2) is 0 Å². The summed E-state index contributed by atoms with van der Waals surface area (Å²) in [7, 11) is -11.6. The first-order chi connectivity index (χ1) is 4.50. The summed E-state index contributed by atoms with van der Waals surface area (Å²) in [5.74, 6) is 0. The second-order valence-corrected chi connectivity index (χ2v) is 6.05. The predicted molar refractivity (Wildman–Crippen MR) is 40.3 cm³/mol. The summed E-state index contributed by atoms with van der Waals surface area (Å²) in [5.41, 5.74) is 0. The molecule has 0 radical (unpaired) electrons. The van der Waals surface area contributed by atoms with E-state index >= 15 is 0 Å². The van der Waals surface area contributed by atoms with Crippen LogP contribution < -0.4 is 19.6 Å². The Balaban J connectivity index is -0.0000000500. The molecule has 0 atom stereocenters. The summed E-state index contributed by atoms with van der Waals surface area (Å²) in [6, 6.07) is 0. The zero-order valence-electron chi connectivity index (χ0n) is 7.59. The second kappa shape index (κ2) is 9.63. The molecule has 0 unspecified atom stereocenters. The molecule has 0 aromatic heterocycles. The standard InChI is InChI=1S/C2H8O7P2.Cu.4H2O/c1-2(3,10(4,5)6)11(7,8)9;;;;;/h3H,1H3,(H2,4,5,6)(H2,7,8,9);;4*1H2/q;+1;;;;/p-4. The predicted octanol–water partition coefficient (Wildman–Crippen LogP) is -6.82. The summed E-state index contributed by atoms with van der Waals surface area (Å²) < 4.78 is 19.9. The normalized spacial score (nSPS) is 10.4. The molecule has 0 amide bonds. The van der Waals surface area contributed by atoms with E-state index in [0.29, 0.717) is 0 Å². The Morgan fingerprint density at radius 2 is 1.00 bits per heavy atom. The van der Waals surface area contributed by atoms with Gasteiger partial charge in [0.25, 0.3) is 0 Å². The van der Waals surface area contributed by atoms with E-state index in [-0.39, 0.29) is 45.9 Å². The van der Waals surface area contributed by atoms with E-state index in [9.17, 15) is 28.7 Å². The molecule has 0 spiro atoms. The zero-order valence-corrected chi connectivity index (χ0v) is 10.3. The van der Waals surface area contributed by atoms with Crippen molar-refractivity contribution in [2.75, 3.05) is 0 Å². The van der Waals surface area contributed by atoms with Gasteiger partial charge >= 0.3 is 17.1 Å². The molecule has 0 aromatic rings. The number of aliphatic hydroxyl groups is 1. The Kier molecular flexibility index (Phi) is 21.6. The van der Waals surface area contributed by atoms with Crippen LogP contribution in [-0.4, -0.2) is 32.1 Å². The molecule has 0 saturated carbocycles. The molecule has 110 valence electrons. The van der Waals surface area contributed by atoms with Crippen molar-refractivity contribution in [1.82, 2.24) is 0 Å². The largest absolute Gasteiger partial charge is 1.00 e. The molecular formula is C2H12CuO11P2-3. The molecule has 16 heavy (non-hydrogen) atoms. The maximum Gasteiger partial charge on any atom is 1.00 e. The van der Waals surface area contributed by atoms with Crippen LogP contribution in [0.2, 0.25) is 0 Å². The van der Waals surface area contributed by atoms with Crippen LogP contribution in [0.4, 0.5) is 0 Å². The minimum atomic E-state index is -5.82. The Morgan fingerprint density at radius 1 is 0.875 bits per heavy atom. The first kappa shape index (κ1) is 36.0. The number of hydrogen-bond acceptors (Lipinski definition) is 7. The molecule has 0 aliphatic carbocycles.